The molecule has 0 N–H and O–H groups in total. The number of hydrogen-bond acceptors (Lipinski definition) is 6. The van der Waals surface area contributed by atoms with Crippen molar-refractivity contribution in [3.63, 3.8) is 0 Å². The third-order valence-corrected chi connectivity index (χ3v) is 7.34. The first kappa shape index (κ1) is 19.1. The summed E-state index contributed by atoms with van der Waals surface area (Å²) in [6, 6.07) is 0. The summed E-state index contributed by atoms with van der Waals surface area (Å²) in [5, 5.41) is 9.10. The Hall–Kier alpha value is -1.86. The molecule has 6 rings (SSSR count). The molecule has 0 saturated heterocycles. The molecule has 8 heteroatoms. The number of fused-ring (bicyclic) bond motifs is 3. The molecule has 0 aliphatic heterocycles. The van der Waals surface area contributed by atoms with Crippen molar-refractivity contribution in [1.82, 2.24) is 14.9 Å². The predicted octanol–water partition coefficient (Wildman–Crippen LogP) is 4.24. The van der Waals surface area contributed by atoms with Gasteiger partial charge in [-0.1, -0.05) is 16.8 Å². The van der Waals surface area contributed by atoms with E-state index in [0.717, 1.165) is 62.0 Å². The molecule has 29 heavy (non-hydrogen) atoms. The second kappa shape index (κ2) is 7.13. The van der Waals surface area contributed by atoms with E-state index in [4.69, 9.17) is 25.6 Å². The number of hydrogen-bond donors (Lipinski definition) is 0. The molecule has 1 unspecified atom stereocenters. The molecule has 7 nitrogen and oxygen atoms in total. The number of halogens is 1. The number of methoxy groups -OCH3 is 1. The number of aromatic nitrogens is 3. The monoisotopic (exact) mass is 419 g/mol. The topological polar surface area (TPSA) is 79.4 Å². The highest BCUT2D eigenvalue weighted by Gasteiger charge is 2.54. The average molecular weight is 420 g/mol. The van der Waals surface area contributed by atoms with Gasteiger partial charge in [-0.05, 0) is 50.9 Å². The zero-order valence-electron chi connectivity index (χ0n) is 16.8. The summed E-state index contributed by atoms with van der Waals surface area (Å²) in [6.45, 7) is 0.350. The summed E-state index contributed by atoms with van der Waals surface area (Å²) >= 11 is 6.37. The molecule has 1 atom stereocenters. The highest BCUT2D eigenvalue weighted by Crippen LogP contribution is 2.53. The van der Waals surface area contributed by atoms with Gasteiger partial charge in [-0.15, -0.1) is 0 Å². The van der Waals surface area contributed by atoms with Gasteiger partial charge in [0.2, 0.25) is 0 Å². The Morgan fingerprint density at radius 1 is 1.34 bits per heavy atom. The third-order valence-electron chi connectivity index (χ3n) is 7.07. The third kappa shape index (κ3) is 3.10. The first-order valence-electron chi connectivity index (χ1n) is 10.4. The van der Waals surface area contributed by atoms with Crippen LogP contribution < -0.4 is 0 Å². The van der Waals surface area contributed by atoms with Gasteiger partial charge >= 0.3 is 5.97 Å². The lowest BCUT2D eigenvalue weighted by molar-refractivity contribution is -0.181. The van der Waals surface area contributed by atoms with Gasteiger partial charge in [-0.25, -0.2) is 0 Å². The SMILES string of the molecule is COC(=O)C12CCC(CC1)CC2OCc1c(-c2c(Cl)cnn2C)noc1C1CC1. The Kier molecular flexibility index (Phi) is 4.70. The molecule has 2 heterocycles. The molecule has 0 spiro atoms. The molecule has 2 bridgehead atoms. The smallest absolute Gasteiger partial charge is 0.314 e. The molecule has 0 amide bonds. The van der Waals surface area contributed by atoms with Gasteiger partial charge in [0.1, 0.15) is 17.1 Å². The summed E-state index contributed by atoms with van der Waals surface area (Å²) in [7, 11) is 3.31. The normalized spacial score (nSPS) is 28.7. The molecular formula is C21H26ClN3O4. The largest absolute Gasteiger partial charge is 0.469 e. The number of rotatable bonds is 6. The number of aryl methyl sites for hydroxylation is 1. The van der Waals surface area contributed by atoms with Crippen molar-refractivity contribution < 1.29 is 18.8 Å². The van der Waals surface area contributed by atoms with Crippen LogP contribution in [0.25, 0.3) is 11.4 Å². The summed E-state index contributed by atoms with van der Waals surface area (Å²) < 4.78 is 19.1. The zero-order valence-corrected chi connectivity index (χ0v) is 17.6. The van der Waals surface area contributed by atoms with E-state index < -0.39 is 5.41 Å². The number of carbonyl (C=O) groups excluding carboxylic acids is 1. The molecule has 0 radical (unpaired) electrons. The van der Waals surface area contributed by atoms with Gasteiger partial charge in [-0.2, -0.15) is 5.10 Å². The Bertz CT molecular complexity index is 905. The van der Waals surface area contributed by atoms with E-state index in [2.05, 4.69) is 10.3 Å². The molecular weight excluding hydrogens is 394 g/mol. The van der Waals surface area contributed by atoms with E-state index in [1.54, 1.807) is 10.9 Å². The first-order valence-corrected chi connectivity index (χ1v) is 10.8. The molecule has 2 aromatic rings. The lowest BCUT2D eigenvalue weighted by Crippen LogP contribution is -2.52. The Morgan fingerprint density at radius 2 is 2.10 bits per heavy atom. The van der Waals surface area contributed by atoms with Crippen molar-refractivity contribution in [2.75, 3.05) is 7.11 Å². The fraction of sp³-hybridized carbons (Fsp3) is 0.667. The van der Waals surface area contributed by atoms with Crippen LogP contribution in [0.2, 0.25) is 5.02 Å². The van der Waals surface area contributed by atoms with Crippen molar-refractivity contribution in [3.05, 3.63) is 22.5 Å². The second-order valence-corrected chi connectivity index (χ2v) is 9.15. The fourth-order valence-electron chi connectivity index (χ4n) is 5.22. The standard InChI is InChI=1S/C21H26ClN3O4/c1-25-18(15(22)10-23-25)17-14(19(29-24-17)13-3-4-13)11-28-16-9-12-5-7-21(16,8-6-12)20(26)27-2/h10,12-13,16H,3-9,11H2,1-2H3. The van der Waals surface area contributed by atoms with Gasteiger partial charge in [0.15, 0.2) is 0 Å². The summed E-state index contributed by atoms with van der Waals surface area (Å²) in [6.07, 6.45) is 8.40. The molecule has 4 fully saturated rings. The van der Waals surface area contributed by atoms with E-state index in [1.165, 1.54) is 7.11 Å². The maximum Gasteiger partial charge on any atom is 0.314 e. The van der Waals surface area contributed by atoms with Crippen LogP contribution in [-0.2, 0) is 27.9 Å². The van der Waals surface area contributed by atoms with Crippen LogP contribution in [-0.4, -0.2) is 34.1 Å². The van der Waals surface area contributed by atoms with Gasteiger partial charge < -0.3 is 14.0 Å². The van der Waals surface area contributed by atoms with Crippen molar-refractivity contribution in [2.24, 2.45) is 18.4 Å². The van der Waals surface area contributed by atoms with Gasteiger partial charge in [0.05, 0.1) is 42.0 Å². The lowest BCUT2D eigenvalue weighted by atomic mass is 9.59. The van der Waals surface area contributed by atoms with E-state index in [1.807, 2.05) is 7.05 Å². The highest BCUT2D eigenvalue weighted by molar-refractivity contribution is 6.33. The fourth-order valence-corrected chi connectivity index (χ4v) is 5.48. The van der Waals surface area contributed by atoms with Crippen LogP contribution in [0.3, 0.4) is 0 Å². The molecule has 2 aromatic heterocycles. The van der Waals surface area contributed by atoms with E-state index in [0.29, 0.717) is 29.2 Å². The van der Waals surface area contributed by atoms with Crippen molar-refractivity contribution in [3.8, 4) is 11.4 Å². The first-order chi connectivity index (χ1) is 14.0. The molecule has 4 aliphatic rings. The minimum atomic E-state index is -0.523. The Morgan fingerprint density at radius 3 is 2.72 bits per heavy atom. The van der Waals surface area contributed by atoms with Crippen molar-refractivity contribution >= 4 is 17.6 Å². The van der Waals surface area contributed by atoms with Crippen molar-refractivity contribution in [1.29, 1.82) is 0 Å². The summed E-state index contributed by atoms with van der Waals surface area (Å²) in [5.41, 5.74) is 1.82. The summed E-state index contributed by atoms with van der Waals surface area (Å²) in [4.78, 5) is 12.7. The Labute approximate surface area is 174 Å². The quantitative estimate of drug-likeness (QED) is 0.651. The zero-order chi connectivity index (χ0) is 20.2. The number of carbonyl (C=O) groups is 1. The van der Waals surface area contributed by atoms with Crippen LogP contribution in [0.1, 0.15) is 62.2 Å². The van der Waals surface area contributed by atoms with Gasteiger partial charge in [0, 0.05) is 13.0 Å². The van der Waals surface area contributed by atoms with Crippen LogP contribution in [0, 0.1) is 11.3 Å². The number of ether oxygens (including phenoxy) is 2. The Balaban J connectivity index is 1.45. The van der Waals surface area contributed by atoms with Crippen LogP contribution in [0.15, 0.2) is 10.7 Å². The maximum atomic E-state index is 12.7. The molecule has 4 saturated carbocycles. The van der Waals surface area contributed by atoms with Crippen LogP contribution in [0.5, 0.6) is 0 Å². The summed E-state index contributed by atoms with van der Waals surface area (Å²) in [5.74, 6) is 1.76. The average Bonchev–Trinajstić information content (AvgIpc) is 3.43. The van der Waals surface area contributed by atoms with E-state index in [-0.39, 0.29) is 12.1 Å². The number of esters is 1. The van der Waals surface area contributed by atoms with Crippen LogP contribution >= 0.6 is 11.6 Å². The molecule has 4 aliphatic carbocycles. The lowest BCUT2D eigenvalue weighted by Gasteiger charge is -2.49. The van der Waals surface area contributed by atoms with Crippen LogP contribution in [0.4, 0.5) is 0 Å². The highest BCUT2D eigenvalue weighted by atomic mass is 35.5. The van der Waals surface area contributed by atoms with Gasteiger partial charge in [-0.3, -0.25) is 9.48 Å². The van der Waals surface area contributed by atoms with E-state index in [9.17, 15) is 4.79 Å². The maximum absolute atomic E-state index is 12.7. The minimum Gasteiger partial charge on any atom is -0.469 e. The van der Waals surface area contributed by atoms with Crippen molar-refractivity contribution in [2.45, 2.75) is 63.6 Å². The predicted molar refractivity (Wildman–Crippen MR) is 105 cm³/mol. The number of nitrogens with zero attached hydrogens (tertiary/aromatic N) is 3. The van der Waals surface area contributed by atoms with Gasteiger partial charge in [0.25, 0.3) is 0 Å². The second-order valence-electron chi connectivity index (χ2n) is 8.74. The minimum absolute atomic E-state index is 0.136. The molecule has 0 aromatic carbocycles. The molecule has 156 valence electrons. The van der Waals surface area contributed by atoms with E-state index >= 15 is 0 Å².